The number of hydrogen-bond acceptors (Lipinski definition) is 3. The summed E-state index contributed by atoms with van der Waals surface area (Å²) in [6, 6.07) is 0.265. The molecule has 0 amide bonds. The van der Waals surface area contributed by atoms with Crippen molar-refractivity contribution in [2.45, 2.75) is 58.8 Å². The summed E-state index contributed by atoms with van der Waals surface area (Å²) < 4.78 is 0. The first-order chi connectivity index (χ1) is 5.73. The van der Waals surface area contributed by atoms with Crippen molar-refractivity contribution < 1.29 is 9.94 Å². The fourth-order valence-corrected chi connectivity index (χ4v) is 1.35. The molecule has 13 heavy (non-hydrogen) atoms. The summed E-state index contributed by atoms with van der Waals surface area (Å²) in [6.07, 6.45) is 0.580. The van der Waals surface area contributed by atoms with E-state index in [4.69, 9.17) is 4.84 Å². The van der Waals surface area contributed by atoms with Crippen LogP contribution in [0.25, 0.3) is 0 Å². The molecule has 0 heterocycles. The topological polar surface area (TPSA) is 41.5 Å². The summed E-state index contributed by atoms with van der Waals surface area (Å²) in [5.74, 6) is 0. The van der Waals surface area contributed by atoms with Gasteiger partial charge in [-0.1, -0.05) is 13.8 Å². The summed E-state index contributed by atoms with van der Waals surface area (Å²) in [5.41, 5.74) is 2.79. The van der Waals surface area contributed by atoms with E-state index in [9.17, 15) is 5.11 Å². The molecule has 0 radical (unpaired) electrons. The largest absolute Gasteiger partial charge is 0.392 e. The Morgan fingerprint density at radius 1 is 1.38 bits per heavy atom. The van der Waals surface area contributed by atoms with E-state index >= 15 is 0 Å². The van der Waals surface area contributed by atoms with Crippen LogP contribution in [-0.4, -0.2) is 22.9 Å². The molecule has 1 aliphatic carbocycles. The van der Waals surface area contributed by atoms with Gasteiger partial charge in [0.05, 0.1) is 11.7 Å². The monoisotopic (exact) mass is 187 g/mol. The standard InChI is InChI=1S/C10H21NO2/c1-9(2,3)13-11-7-6-8(12)10(7,4)5/h7-8,11-12H,6H2,1-5H3. The molecule has 2 unspecified atom stereocenters. The number of aliphatic hydroxyl groups is 1. The van der Waals surface area contributed by atoms with Gasteiger partial charge in [-0.05, 0) is 27.2 Å². The van der Waals surface area contributed by atoms with E-state index in [1.54, 1.807) is 0 Å². The third kappa shape index (κ3) is 2.42. The van der Waals surface area contributed by atoms with Crippen molar-refractivity contribution in [3.05, 3.63) is 0 Å². The average molecular weight is 187 g/mol. The molecule has 1 aliphatic rings. The van der Waals surface area contributed by atoms with Crippen LogP contribution in [-0.2, 0) is 4.84 Å². The summed E-state index contributed by atoms with van der Waals surface area (Å²) in [5, 5.41) is 9.48. The van der Waals surface area contributed by atoms with Crippen molar-refractivity contribution >= 4 is 0 Å². The van der Waals surface area contributed by atoms with Gasteiger partial charge in [0.25, 0.3) is 0 Å². The molecule has 0 aliphatic heterocycles. The molecule has 3 heteroatoms. The molecule has 0 aromatic carbocycles. The zero-order valence-electron chi connectivity index (χ0n) is 9.22. The highest BCUT2D eigenvalue weighted by molar-refractivity contribution is 5.00. The lowest BCUT2D eigenvalue weighted by Gasteiger charge is -2.49. The normalized spacial score (nSPS) is 32.8. The maximum Gasteiger partial charge on any atom is 0.0813 e. The third-order valence-electron chi connectivity index (χ3n) is 2.72. The minimum absolute atomic E-state index is 0.0642. The molecule has 0 bridgehead atoms. The van der Waals surface area contributed by atoms with Gasteiger partial charge in [-0.3, -0.25) is 4.84 Å². The van der Waals surface area contributed by atoms with E-state index in [2.05, 4.69) is 5.48 Å². The molecule has 3 nitrogen and oxygen atoms in total. The van der Waals surface area contributed by atoms with E-state index in [1.165, 1.54) is 0 Å². The van der Waals surface area contributed by atoms with Crippen molar-refractivity contribution in [3.63, 3.8) is 0 Å². The lowest BCUT2D eigenvalue weighted by molar-refractivity contribution is -0.166. The third-order valence-corrected chi connectivity index (χ3v) is 2.72. The minimum atomic E-state index is -0.200. The van der Waals surface area contributed by atoms with E-state index in [-0.39, 0.29) is 23.2 Å². The Morgan fingerprint density at radius 2 is 1.92 bits per heavy atom. The first-order valence-corrected chi connectivity index (χ1v) is 4.85. The summed E-state index contributed by atoms with van der Waals surface area (Å²) in [6.45, 7) is 10.1. The second-order valence-electron chi connectivity index (χ2n) is 5.46. The van der Waals surface area contributed by atoms with Crippen LogP contribution in [0.1, 0.15) is 41.0 Å². The Morgan fingerprint density at radius 3 is 2.23 bits per heavy atom. The summed E-state index contributed by atoms with van der Waals surface area (Å²) in [4.78, 5) is 5.46. The quantitative estimate of drug-likeness (QED) is 0.643. The zero-order chi connectivity index (χ0) is 10.3. The molecule has 1 fully saturated rings. The van der Waals surface area contributed by atoms with Crippen molar-refractivity contribution in [2.24, 2.45) is 5.41 Å². The molecule has 1 saturated carbocycles. The van der Waals surface area contributed by atoms with Gasteiger partial charge in [0.2, 0.25) is 0 Å². The SMILES string of the molecule is CC(C)(C)ONC1CC(O)C1(C)C. The second kappa shape index (κ2) is 3.23. The van der Waals surface area contributed by atoms with Gasteiger partial charge in [0.1, 0.15) is 0 Å². The molecule has 78 valence electrons. The van der Waals surface area contributed by atoms with Gasteiger partial charge in [0, 0.05) is 11.5 Å². The van der Waals surface area contributed by atoms with Crippen molar-refractivity contribution in [3.8, 4) is 0 Å². The first kappa shape index (κ1) is 11.0. The highest BCUT2D eigenvalue weighted by Gasteiger charge is 2.47. The Kier molecular flexibility index (Phi) is 2.72. The van der Waals surface area contributed by atoms with Crippen molar-refractivity contribution in [2.75, 3.05) is 0 Å². The van der Waals surface area contributed by atoms with Gasteiger partial charge >= 0.3 is 0 Å². The van der Waals surface area contributed by atoms with Crippen LogP contribution < -0.4 is 5.48 Å². The lowest BCUT2D eigenvalue weighted by Crippen LogP contribution is -2.60. The molecule has 0 spiro atoms. The van der Waals surface area contributed by atoms with Gasteiger partial charge in [-0.25, -0.2) is 0 Å². The van der Waals surface area contributed by atoms with Crippen LogP contribution >= 0.6 is 0 Å². The number of rotatable bonds is 2. The van der Waals surface area contributed by atoms with Crippen LogP contribution in [0.2, 0.25) is 0 Å². The number of aliphatic hydroxyl groups excluding tert-OH is 1. The van der Waals surface area contributed by atoms with Gasteiger partial charge < -0.3 is 5.11 Å². The predicted molar refractivity (Wildman–Crippen MR) is 52.2 cm³/mol. The van der Waals surface area contributed by atoms with Crippen LogP contribution in [0.15, 0.2) is 0 Å². The Labute approximate surface area is 80.4 Å². The number of hydrogen-bond donors (Lipinski definition) is 2. The molecule has 0 aromatic rings. The van der Waals surface area contributed by atoms with Crippen LogP contribution in [0.4, 0.5) is 0 Å². The Balaban J connectivity index is 2.33. The zero-order valence-corrected chi connectivity index (χ0v) is 9.22. The predicted octanol–water partition coefficient (Wildman–Crippen LogP) is 1.47. The van der Waals surface area contributed by atoms with Crippen LogP contribution in [0.5, 0.6) is 0 Å². The number of hydroxylamine groups is 1. The van der Waals surface area contributed by atoms with Gasteiger partial charge in [-0.15, -0.1) is 0 Å². The van der Waals surface area contributed by atoms with Crippen LogP contribution in [0.3, 0.4) is 0 Å². The van der Waals surface area contributed by atoms with E-state index in [1.807, 2.05) is 34.6 Å². The highest BCUT2D eigenvalue weighted by Crippen LogP contribution is 2.40. The molecular weight excluding hydrogens is 166 g/mol. The molecule has 0 saturated heterocycles. The Hall–Kier alpha value is -0.120. The second-order valence-corrected chi connectivity index (χ2v) is 5.46. The molecule has 1 rings (SSSR count). The molecule has 2 N–H and O–H groups in total. The van der Waals surface area contributed by atoms with Gasteiger partial charge in [-0.2, -0.15) is 5.48 Å². The fourth-order valence-electron chi connectivity index (χ4n) is 1.35. The van der Waals surface area contributed by atoms with E-state index in [0.717, 1.165) is 6.42 Å². The van der Waals surface area contributed by atoms with Crippen LogP contribution in [0, 0.1) is 5.41 Å². The first-order valence-electron chi connectivity index (χ1n) is 4.85. The molecule has 2 atom stereocenters. The summed E-state index contributed by atoms with van der Waals surface area (Å²) >= 11 is 0. The van der Waals surface area contributed by atoms with E-state index in [0.29, 0.717) is 0 Å². The maximum absolute atomic E-state index is 9.48. The molecular formula is C10H21NO2. The Bertz CT molecular complexity index is 184. The van der Waals surface area contributed by atoms with Gasteiger partial charge in [0.15, 0.2) is 0 Å². The summed E-state index contributed by atoms with van der Waals surface area (Å²) in [7, 11) is 0. The maximum atomic E-state index is 9.48. The smallest absolute Gasteiger partial charge is 0.0813 e. The molecule has 0 aromatic heterocycles. The fraction of sp³-hybridized carbons (Fsp3) is 1.00. The van der Waals surface area contributed by atoms with Crippen molar-refractivity contribution in [1.82, 2.24) is 5.48 Å². The minimum Gasteiger partial charge on any atom is -0.392 e. The average Bonchev–Trinajstić information content (AvgIpc) is 1.95. The van der Waals surface area contributed by atoms with Crippen molar-refractivity contribution in [1.29, 1.82) is 0 Å². The number of nitrogens with one attached hydrogen (secondary N) is 1. The lowest BCUT2D eigenvalue weighted by atomic mass is 9.65. The highest BCUT2D eigenvalue weighted by atomic mass is 16.7. The van der Waals surface area contributed by atoms with E-state index < -0.39 is 0 Å².